The van der Waals surface area contributed by atoms with E-state index in [0.717, 1.165) is 18.5 Å². The summed E-state index contributed by atoms with van der Waals surface area (Å²) in [4.78, 5) is 20.9. The molecule has 1 aliphatic heterocycles. The monoisotopic (exact) mass is 296 g/mol. The normalized spacial score (nSPS) is 29.4. The third-order valence-electron chi connectivity index (χ3n) is 4.79. The molecule has 2 unspecified atom stereocenters. The zero-order chi connectivity index (χ0) is 14.9. The van der Waals surface area contributed by atoms with Crippen molar-refractivity contribution in [3.05, 3.63) is 0 Å². The minimum atomic E-state index is 0. The van der Waals surface area contributed by atoms with Crippen LogP contribution in [0.15, 0.2) is 4.99 Å². The first-order chi connectivity index (χ1) is 10.3. The first-order valence-corrected chi connectivity index (χ1v) is 8.30. The number of nitrogens with one attached hydrogen (secondary N) is 1. The number of amidine groups is 1. The predicted molar refractivity (Wildman–Crippen MR) is 80.9 cm³/mol. The van der Waals surface area contributed by atoms with E-state index < -0.39 is 0 Å². The largest absolute Gasteiger partial charge is 0.462 e. The molecule has 0 aromatic carbocycles. The lowest BCUT2D eigenvalue weighted by atomic mass is 9.84. The van der Waals surface area contributed by atoms with Gasteiger partial charge in [0, 0.05) is 14.0 Å². The van der Waals surface area contributed by atoms with Gasteiger partial charge in [0.1, 0.15) is 6.10 Å². The fourth-order valence-electron chi connectivity index (χ4n) is 3.67. The predicted octanol–water partition coefficient (Wildman–Crippen LogP) is 2.91. The minimum Gasteiger partial charge on any atom is -0.462 e. The Morgan fingerprint density at radius 2 is 1.67 bits per heavy atom. The second-order valence-corrected chi connectivity index (χ2v) is 6.24. The van der Waals surface area contributed by atoms with Crippen molar-refractivity contribution in [1.82, 2.24) is 5.32 Å². The van der Waals surface area contributed by atoms with Crippen LogP contribution in [-0.4, -0.2) is 30.9 Å². The molecule has 120 valence electrons. The molecule has 3 aliphatic rings. The number of hydrogen-bond donors (Lipinski definition) is 1. The van der Waals surface area contributed by atoms with Crippen molar-refractivity contribution in [1.29, 1.82) is 0 Å². The van der Waals surface area contributed by atoms with Gasteiger partial charge in [-0.15, -0.1) is 0 Å². The number of ether oxygens (including phenoxy) is 1. The zero-order valence-electron chi connectivity index (χ0n) is 12.7. The van der Waals surface area contributed by atoms with Gasteiger partial charge < -0.3 is 10.1 Å². The van der Waals surface area contributed by atoms with Crippen molar-refractivity contribution in [3.8, 4) is 0 Å². The second-order valence-electron chi connectivity index (χ2n) is 6.24. The lowest BCUT2D eigenvalue weighted by molar-refractivity contribution is -0.191. The Morgan fingerprint density at radius 1 is 1.00 bits per heavy atom. The van der Waals surface area contributed by atoms with Crippen LogP contribution in [0.1, 0.15) is 65.6 Å². The Morgan fingerprint density at radius 3 is 2.43 bits per heavy atom. The van der Waals surface area contributed by atoms with Gasteiger partial charge in [0.25, 0.3) is 6.02 Å². The summed E-state index contributed by atoms with van der Waals surface area (Å²) in [5, 5.41) is 3.56. The highest BCUT2D eigenvalue weighted by atomic mass is 16.5. The van der Waals surface area contributed by atoms with Crippen LogP contribution in [0.3, 0.4) is 0 Å². The van der Waals surface area contributed by atoms with Crippen LogP contribution in [0, 0.1) is 5.92 Å². The highest BCUT2D eigenvalue weighted by Crippen LogP contribution is 2.31. The lowest BCUT2D eigenvalue weighted by Crippen LogP contribution is -2.40. The van der Waals surface area contributed by atoms with Crippen LogP contribution < -0.4 is 5.32 Å². The summed E-state index contributed by atoms with van der Waals surface area (Å²) in [7, 11) is 0. The van der Waals surface area contributed by atoms with Gasteiger partial charge in [-0.05, 0) is 44.4 Å². The van der Waals surface area contributed by atoms with Crippen molar-refractivity contribution in [2.75, 3.05) is 6.54 Å². The summed E-state index contributed by atoms with van der Waals surface area (Å²) in [6.07, 6.45) is 13.9. The van der Waals surface area contributed by atoms with Crippen LogP contribution in [0.5, 0.6) is 0 Å². The molecule has 0 aromatic rings. The second kappa shape index (κ2) is 8.83. The number of hydrogen-bond acceptors (Lipinski definition) is 5. The quantitative estimate of drug-likeness (QED) is 0.808. The fourth-order valence-corrected chi connectivity index (χ4v) is 3.67. The molecule has 21 heavy (non-hydrogen) atoms. The molecule has 2 fully saturated rings. The van der Waals surface area contributed by atoms with Crippen LogP contribution in [-0.2, 0) is 14.3 Å². The number of fused-ring (bicyclic) bond motifs is 1. The minimum absolute atomic E-state index is 0. The smallest absolute Gasteiger partial charge is 0.373 e. The molecule has 2 aliphatic carbocycles. The van der Waals surface area contributed by atoms with Crippen molar-refractivity contribution in [2.45, 2.75) is 76.4 Å². The average Bonchev–Trinajstić information content (AvgIpc) is 2.71. The molecule has 0 spiro atoms. The van der Waals surface area contributed by atoms with E-state index in [2.05, 4.69) is 10.3 Å². The van der Waals surface area contributed by atoms with Gasteiger partial charge in [0.05, 0.1) is 0 Å². The maximum absolute atomic E-state index is 8.12. The molecular weight excluding hydrogens is 268 g/mol. The molecule has 3 rings (SSSR count). The standard InChI is InChI=1S/C15H26N2O.CO2.H2/c1-2-7-13(8-3-1)17-15-16-11-10-12-6-4-5-9-14(12)18-15;2-1-3;/h12-14H,1-11H2,(H,16,17);;1H. The number of carbonyl (C=O) groups excluding carboxylic acids is 2. The van der Waals surface area contributed by atoms with Gasteiger partial charge in [-0.2, -0.15) is 9.59 Å². The Balaban J connectivity index is 0.000000562. The number of rotatable bonds is 1. The fraction of sp³-hybridized carbons (Fsp3) is 0.875. The van der Waals surface area contributed by atoms with Crippen molar-refractivity contribution in [3.63, 3.8) is 0 Å². The molecule has 2 atom stereocenters. The average molecular weight is 296 g/mol. The number of aliphatic imine (C=N–C) groups is 1. The molecular formula is C16H28N2O3. The summed E-state index contributed by atoms with van der Waals surface area (Å²) in [6, 6.07) is 1.47. The van der Waals surface area contributed by atoms with E-state index in [4.69, 9.17) is 14.3 Å². The van der Waals surface area contributed by atoms with Crippen LogP contribution in [0.25, 0.3) is 0 Å². The van der Waals surface area contributed by atoms with Gasteiger partial charge in [-0.3, -0.25) is 0 Å². The highest BCUT2D eigenvalue weighted by molar-refractivity contribution is 5.74. The molecule has 5 heteroatoms. The molecule has 1 heterocycles. The summed E-state index contributed by atoms with van der Waals surface area (Å²) in [6.45, 7) is 0.955. The van der Waals surface area contributed by atoms with E-state index in [1.54, 1.807) is 0 Å². The highest BCUT2D eigenvalue weighted by Gasteiger charge is 2.30. The summed E-state index contributed by atoms with van der Waals surface area (Å²) in [5.41, 5.74) is 0. The summed E-state index contributed by atoms with van der Waals surface area (Å²) < 4.78 is 6.16. The Kier molecular flexibility index (Phi) is 6.74. The van der Waals surface area contributed by atoms with Crippen LogP contribution >= 0.6 is 0 Å². The molecule has 2 saturated carbocycles. The van der Waals surface area contributed by atoms with E-state index in [1.807, 2.05) is 0 Å². The molecule has 0 aromatic heterocycles. The van der Waals surface area contributed by atoms with Gasteiger partial charge in [0.2, 0.25) is 0 Å². The number of nitrogens with zero attached hydrogens (tertiary/aromatic N) is 1. The van der Waals surface area contributed by atoms with E-state index in [9.17, 15) is 0 Å². The van der Waals surface area contributed by atoms with E-state index in [-0.39, 0.29) is 7.58 Å². The van der Waals surface area contributed by atoms with Gasteiger partial charge in [-0.25, -0.2) is 4.99 Å². The van der Waals surface area contributed by atoms with E-state index in [0.29, 0.717) is 12.1 Å². The third kappa shape index (κ3) is 5.16. The van der Waals surface area contributed by atoms with E-state index >= 15 is 0 Å². The molecule has 0 radical (unpaired) electrons. The summed E-state index contributed by atoms with van der Waals surface area (Å²) in [5.74, 6) is 0.758. The zero-order valence-corrected chi connectivity index (χ0v) is 12.7. The first kappa shape index (κ1) is 16.0. The van der Waals surface area contributed by atoms with E-state index in [1.165, 1.54) is 64.2 Å². The SMILES string of the molecule is C1CCC(NC2=NCCC3CCCCC3O2)CC1.O=C=O.[HH]. The van der Waals surface area contributed by atoms with Gasteiger partial charge >= 0.3 is 6.15 Å². The first-order valence-electron chi connectivity index (χ1n) is 8.30. The molecule has 1 N–H and O–H groups in total. The van der Waals surface area contributed by atoms with Gasteiger partial charge in [0.15, 0.2) is 0 Å². The summed E-state index contributed by atoms with van der Waals surface area (Å²) >= 11 is 0. The van der Waals surface area contributed by atoms with Crippen molar-refractivity contribution < 1.29 is 15.8 Å². The van der Waals surface area contributed by atoms with Crippen molar-refractivity contribution in [2.24, 2.45) is 10.9 Å². The topological polar surface area (TPSA) is 67.8 Å². The maximum Gasteiger partial charge on any atom is 0.373 e. The Labute approximate surface area is 128 Å². The third-order valence-corrected chi connectivity index (χ3v) is 4.79. The molecule has 0 bridgehead atoms. The van der Waals surface area contributed by atoms with Crippen LogP contribution in [0.4, 0.5) is 0 Å². The molecule has 5 nitrogen and oxygen atoms in total. The Hall–Kier alpha value is -1.35. The lowest BCUT2D eigenvalue weighted by Gasteiger charge is -2.31. The Bertz CT molecular complexity index is 378. The maximum atomic E-state index is 8.12. The van der Waals surface area contributed by atoms with Gasteiger partial charge in [-0.1, -0.05) is 25.7 Å². The molecule has 0 amide bonds. The van der Waals surface area contributed by atoms with Crippen LogP contribution in [0.2, 0.25) is 0 Å². The van der Waals surface area contributed by atoms with Crippen molar-refractivity contribution >= 4 is 12.2 Å². The molecule has 0 saturated heterocycles.